The van der Waals surface area contributed by atoms with Crippen LogP contribution in [-0.4, -0.2) is 20.8 Å². The first-order valence-electron chi connectivity index (χ1n) is 8.72. The maximum absolute atomic E-state index is 13.0. The number of fused-ring (bicyclic) bond motifs is 1. The van der Waals surface area contributed by atoms with Crippen LogP contribution in [0.2, 0.25) is 0 Å². The van der Waals surface area contributed by atoms with E-state index in [1.165, 1.54) is 12.1 Å². The van der Waals surface area contributed by atoms with Gasteiger partial charge in [-0.1, -0.05) is 6.92 Å². The third-order valence-electron chi connectivity index (χ3n) is 4.69. The van der Waals surface area contributed by atoms with E-state index in [1.807, 2.05) is 12.1 Å². The van der Waals surface area contributed by atoms with Crippen LogP contribution in [0.1, 0.15) is 30.8 Å². The van der Waals surface area contributed by atoms with Gasteiger partial charge in [0.15, 0.2) is 0 Å². The number of hydrogen-bond donors (Lipinski definition) is 1. The molecule has 1 aliphatic rings. The Bertz CT molecular complexity index is 839. The van der Waals surface area contributed by atoms with Gasteiger partial charge in [-0.25, -0.2) is 4.39 Å². The zero-order valence-corrected chi connectivity index (χ0v) is 14.2. The minimum Gasteiger partial charge on any atom is -0.460 e. The van der Waals surface area contributed by atoms with Crippen LogP contribution < -0.4 is 5.32 Å². The Labute approximate surface area is 145 Å². The molecule has 3 aromatic rings. The fourth-order valence-corrected chi connectivity index (χ4v) is 3.30. The summed E-state index contributed by atoms with van der Waals surface area (Å²) in [4.78, 5) is 0. The lowest BCUT2D eigenvalue weighted by Gasteiger charge is -2.25. The maximum Gasteiger partial charge on any atom is 0.134 e. The SMILES string of the molecule is CCc1nnc2n1C[C@H](NCc1ccc(-c3ccc(F)cc3)o1)CC2. The van der Waals surface area contributed by atoms with E-state index < -0.39 is 0 Å². The second-order valence-electron chi connectivity index (χ2n) is 6.39. The second-order valence-corrected chi connectivity index (χ2v) is 6.39. The number of furan rings is 1. The summed E-state index contributed by atoms with van der Waals surface area (Å²) in [5, 5.41) is 12.1. The molecule has 0 aliphatic carbocycles. The van der Waals surface area contributed by atoms with Gasteiger partial charge < -0.3 is 14.3 Å². The van der Waals surface area contributed by atoms with Gasteiger partial charge in [0.1, 0.15) is 29.0 Å². The normalized spacial score (nSPS) is 16.8. The average Bonchev–Trinajstić information content (AvgIpc) is 3.27. The first-order valence-corrected chi connectivity index (χ1v) is 8.72. The summed E-state index contributed by atoms with van der Waals surface area (Å²) in [6, 6.07) is 10.6. The molecule has 0 radical (unpaired) electrons. The fraction of sp³-hybridized carbons (Fsp3) is 0.368. The Morgan fingerprint density at radius 2 is 2.04 bits per heavy atom. The molecule has 0 bridgehead atoms. The highest BCUT2D eigenvalue weighted by Gasteiger charge is 2.22. The van der Waals surface area contributed by atoms with Gasteiger partial charge in [0.25, 0.3) is 0 Å². The monoisotopic (exact) mass is 340 g/mol. The van der Waals surface area contributed by atoms with Gasteiger partial charge in [-0.15, -0.1) is 10.2 Å². The first kappa shape index (κ1) is 16.0. The van der Waals surface area contributed by atoms with E-state index in [0.29, 0.717) is 12.6 Å². The van der Waals surface area contributed by atoms with Gasteiger partial charge in [-0.05, 0) is 42.8 Å². The van der Waals surface area contributed by atoms with Crippen molar-refractivity contribution in [1.29, 1.82) is 0 Å². The van der Waals surface area contributed by atoms with E-state index in [9.17, 15) is 4.39 Å². The molecule has 0 saturated heterocycles. The van der Waals surface area contributed by atoms with Crippen LogP contribution in [0.25, 0.3) is 11.3 Å². The molecule has 6 heteroatoms. The molecule has 4 rings (SSSR count). The summed E-state index contributed by atoms with van der Waals surface area (Å²) in [7, 11) is 0. The van der Waals surface area contributed by atoms with Crippen LogP contribution in [0.5, 0.6) is 0 Å². The van der Waals surface area contributed by atoms with Gasteiger partial charge in [0.2, 0.25) is 0 Å². The number of benzene rings is 1. The molecule has 1 atom stereocenters. The lowest BCUT2D eigenvalue weighted by Crippen LogP contribution is -2.37. The Morgan fingerprint density at radius 1 is 1.20 bits per heavy atom. The van der Waals surface area contributed by atoms with Crippen molar-refractivity contribution in [2.75, 3.05) is 0 Å². The predicted molar refractivity (Wildman–Crippen MR) is 92.5 cm³/mol. The summed E-state index contributed by atoms with van der Waals surface area (Å²) in [6.07, 6.45) is 2.90. The number of hydrogen-bond acceptors (Lipinski definition) is 4. The molecule has 3 heterocycles. The number of halogens is 1. The summed E-state index contributed by atoms with van der Waals surface area (Å²) in [5.41, 5.74) is 0.882. The molecule has 0 unspecified atom stereocenters. The van der Waals surface area contributed by atoms with Crippen molar-refractivity contribution in [2.45, 2.75) is 45.3 Å². The zero-order valence-electron chi connectivity index (χ0n) is 14.2. The van der Waals surface area contributed by atoms with Crippen molar-refractivity contribution < 1.29 is 8.81 Å². The van der Waals surface area contributed by atoms with Crippen molar-refractivity contribution in [3.05, 3.63) is 59.6 Å². The first-order chi connectivity index (χ1) is 12.2. The maximum atomic E-state index is 13.0. The largest absolute Gasteiger partial charge is 0.460 e. The summed E-state index contributed by atoms with van der Waals surface area (Å²) in [6.45, 7) is 3.68. The number of nitrogens with one attached hydrogen (secondary N) is 1. The number of nitrogens with zero attached hydrogens (tertiary/aromatic N) is 3. The van der Waals surface area contributed by atoms with Crippen LogP contribution in [0.15, 0.2) is 40.8 Å². The third kappa shape index (κ3) is 3.35. The molecule has 0 fully saturated rings. The number of aryl methyl sites for hydroxylation is 2. The minimum atomic E-state index is -0.241. The molecular weight excluding hydrogens is 319 g/mol. The van der Waals surface area contributed by atoms with E-state index in [2.05, 4.69) is 27.0 Å². The van der Waals surface area contributed by atoms with Crippen LogP contribution in [0, 0.1) is 5.82 Å². The highest BCUT2D eigenvalue weighted by atomic mass is 19.1. The Balaban J connectivity index is 1.38. The molecule has 5 nitrogen and oxygen atoms in total. The minimum absolute atomic E-state index is 0.241. The van der Waals surface area contributed by atoms with Gasteiger partial charge in [-0.2, -0.15) is 0 Å². The molecule has 130 valence electrons. The van der Waals surface area contributed by atoms with Gasteiger partial charge in [0.05, 0.1) is 6.54 Å². The number of aromatic nitrogens is 3. The van der Waals surface area contributed by atoms with Crippen molar-refractivity contribution >= 4 is 0 Å². The second kappa shape index (κ2) is 6.80. The molecule has 1 aromatic carbocycles. The molecule has 0 saturated carbocycles. The van der Waals surface area contributed by atoms with E-state index in [-0.39, 0.29) is 5.82 Å². The molecule has 1 N–H and O–H groups in total. The molecular formula is C19H21FN4O. The van der Waals surface area contributed by atoms with Crippen LogP contribution in [-0.2, 0) is 25.9 Å². The van der Waals surface area contributed by atoms with Crippen molar-refractivity contribution in [1.82, 2.24) is 20.1 Å². The quantitative estimate of drug-likeness (QED) is 0.774. The Morgan fingerprint density at radius 3 is 2.84 bits per heavy atom. The predicted octanol–water partition coefficient (Wildman–Crippen LogP) is 3.34. The highest BCUT2D eigenvalue weighted by molar-refractivity contribution is 5.57. The Hall–Kier alpha value is -2.47. The van der Waals surface area contributed by atoms with Crippen molar-refractivity contribution in [3.8, 4) is 11.3 Å². The fourth-order valence-electron chi connectivity index (χ4n) is 3.30. The van der Waals surface area contributed by atoms with Gasteiger partial charge in [0, 0.05) is 31.0 Å². The van der Waals surface area contributed by atoms with Crippen LogP contribution in [0.3, 0.4) is 0 Å². The van der Waals surface area contributed by atoms with Crippen LogP contribution >= 0.6 is 0 Å². The lowest BCUT2D eigenvalue weighted by molar-refractivity contribution is 0.358. The number of rotatable bonds is 5. The zero-order chi connectivity index (χ0) is 17.2. The highest BCUT2D eigenvalue weighted by Crippen LogP contribution is 2.23. The third-order valence-corrected chi connectivity index (χ3v) is 4.69. The molecule has 1 aliphatic heterocycles. The average molecular weight is 340 g/mol. The van der Waals surface area contributed by atoms with Crippen molar-refractivity contribution in [2.24, 2.45) is 0 Å². The lowest BCUT2D eigenvalue weighted by atomic mass is 10.1. The molecule has 2 aromatic heterocycles. The standard InChI is InChI=1S/C19H21FN4O/c1-2-18-22-23-19-10-7-15(12-24(18)19)21-11-16-8-9-17(25-16)13-3-5-14(20)6-4-13/h3-6,8-9,15,21H,2,7,10-12H2,1H3/t15-/m1/s1. The molecule has 0 spiro atoms. The smallest absolute Gasteiger partial charge is 0.134 e. The van der Waals surface area contributed by atoms with Gasteiger partial charge in [-0.3, -0.25) is 0 Å². The van der Waals surface area contributed by atoms with E-state index in [1.54, 1.807) is 12.1 Å². The van der Waals surface area contributed by atoms with Crippen molar-refractivity contribution in [3.63, 3.8) is 0 Å². The van der Waals surface area contributed by atoms with Crippen LogP contribution in [0.4, 0.5) is 4.39 Å². The molecule has 25 heavy (non-hydrogen) atoms. The molecule has 0 amide bonds. The Kier molecular flexibility index (Phi) is 4.36. The van der Waals surface area contributed by atoms with Gasteiger partial charge >= 0.3 is 0 Å². The van der Waals surface area contributed by atoms with E-state index in [4.69, 9.17) is 4.42 Å². The topological polar surface area (TPSA) is 55.9 Å². The van der Waals surface area contributed by atoms with E-state index in [0.717, 1.165) is 54.5 Å². The summed E-state index contributed by atoms with van der Waals surface area (Å²) in [5.74, 6) is 3.54. The summed E-state index contributed by atoms with van der Waals surface area (Å²) >= 11 is 0. The van der Waals surface area contributed by atoms with E-state index >= 15 is 0 Å². The summed E-state index contributed by atoms with van der Waals surface area (Å²) < 4.78 is 21.1.